The summed E-state index contributed by atoms with van der Waals surface area (Å²) in [6, 6.07) is 12.2. The van der Waals surface area contributed by atoms with Gasteiger partial charge in [-0.25, -0.2) is 0 Å². The van der Waals surface area contributed by atoms with Gasteiger partial charge in [0.05, 0.1) is 36.7 Å². The van der Waals surface area contributed by atoms with E-state index in [0.29, 0.717) is 54.4 Å². The molecule has 1 spiro atoms. The topological polar surface area (TPSA) is 117 Å². The number of anilines is 2. The molecular weight excluding hydrogens is 558 g/mol. The zero-order valence-electron chi connectivity index (χ0n) is 24.6. The number of amides is 3. The molecule has 2 unspecified atom stereocenters. The van der Waals surface area contributed by atoms with Gasteiger partial charge in [-0.2, -0.15) is 0 Å². The van der Waals surface area contributed by atoms with Crippen molar-refractivity contribution in [2.24, 2.45) is 17.8 Å². The van der Waals surface area contributed by atoms with Crippen LogP contribution in [0.4, 0.5) is 11.4 Å². The molecule has 3 fully saturated rings. The van der Waals surface area contributed by atoms with Gasteiger partial charge in [0.25, 0.3) is 0 Å². The van der Waals surface area contributed by atoms with Crippen LogP contribution in [0.25, 0.3) is 0 Å². The molecule has 0 aromatic heterocycles. The van der Waals surface area contributed by atoms with Gasteiger partial charge in [-0.05, 0) is 80.6 Å². The third kappa shape index (κ3) is 4.95. The number of hydrogen-bond donors (Lipinski definition) is 3. The normalized spacial score (nSPS) is 29.2. The highest BCUT2D eigenvalue weighted by atomic mass is 35.5. The fourth-order valence-corrected chi connectivity index (χ4v) is 7.42. The smallest absolute Gasteiger partial charge is 0.250 e. The molecule has 3 saturated heterocycles. The number of benzene rings is 2. The summed E-state index contributed by atoms with van der Waals surface area (Å²) in [5, 5.41) is 17.0. The molecule has 7 atom stereocenters. The molecule has 5 rings (SSSR count). The molecule has 3 heterocycles. The number of carbonyl (C=O) groups is 3. The Labute approximate surface area is 251 Å². The molecule has 3 aliphatic heterocycles. The highest BCUT2D eigenvalue weighted by molar-refractivity contribution is 6.30. The molecule has 0 saturated carbocycles. The molecule has 2 aromatic carbocycles. The molecule has 42 heavy (non-hydrogen) atoms. The summed E-state index contributed by atoms with van der Waals surface area (Å²) in [6.45, 7) is 8.02. The summed E-state index contributed by atoms with van der Waals surface area (Å²) >= 11 is 6.05. The maximum Gasteiger partial charge on any atom is 0.250 e. The molecule has 2 bridgehead atoms. The predicted molar refractivity (Wildman–Crippen MR) is 160 cm³/mol. The van der Waals surface area contributed by atoms with Crippen molar-refractivity contribution in [1.82, 2.24) is 4.90 Å². The number of hydrogen-bond acceptors (Lipinski definition) is 6. The van der Waals surface area contributed by atoms with E-state index in [-0.39, 0.29) is 24.3 Å². The summed E-state index contributed by atoms with van der Waals surface area (Å²) in [6.07, 6.45) is 2.21. The number of rotatable bonds is 11. The fourth-order valence-electron chi connectivity index (χ4n) is 7.29. The first-order chi connectivity index (χ1) is 20.1. The van der Waals surface area contributed by atoms with Crippen molar-refractivity contribution in [3.05, 3.63) is 53.6 Å². The number of fused-ring (bicyclic) bond motifs is 1. The SMILES string of the molecule is CCOc1ccc(NC(=O)[C@H]2[C@H]3C(=O)N([C@@H](CO)[C@@H](C)CC)C(C(=O)Nc4ccc(Cl)cc4)C34CC[C@]2(CC)O4)cc1. The zero-order chi connectivity index (χ0) is 30.2. The second-order valence-corrected chi connectivity index (χ2v) is 12.1. The Balaban J connectivity index is 1.53. The number of ether oxygens (including phenoxy) is 2. The summed E-state index contributed by atoms with van der Waals surface area (Å²) in [5.41, 5.74) is -0.973. The minimum atomic E-state index is -1.20. The van der Waals surface area contributed by atoms with Gasteiger partial charge >= 0.3 is 0 Å². The number of carbonyl (C=O) groups excluding carboxylic acids is 3. The molecular formula is C32H40ClN3O6. The molecule has 3 aliphatic rings. The van der Waals surface area contributed by atoms with E-state index >= 15 is 0 Å². The second-order valence-electron chi connectivity index (χ2n) is 11.7. The minimum absolute atomic E-state index is 0.0894. The largest absolute Gasteiger partial charge is 0.494 e. The number of halogens is 1. The monoisotopic (exact) mass is 597 g/mol. The van der Waals surface area contributed by atoms with E-state index in [1.807, 2.05) is 27.7 Å². The molecule has 3 N–H and O–H groups in total. The lowest BCUT2D eigenvalue weighted by molar-refractivity contribution is -0.149. The zero-order valence-corrected chi connectivity index (χ0v) is 25.3. The Kier molecular flexibility index (Phi) is 8.56. The number of aliphatic hydroxyl groups excluding tert-OH is 1. The number of nitrogens with one attached hydrogen (secondary N) is 2. The Morgan fingerprint density at radius 3 is 2.24 bits per heavy atom. The van der Waals surface area contributed by atoms with Crippen molar-refractivity contribution < 1.29 is 29.0 Å². The first kappa shape index (κ1) is 30.3. The predicted octanol–water partition coefficient (Wildman–Crippen LogP) is 4.88. The van der Waals surface area contributed by atoms with E-state index in [1.54, 1.807) is 48.5 Å². The van der Waals surface area contributed by atoms with Crippen LogP contribution in [-0.2, 0) is 19.1 Å². The van der Waals surface area contributed by atoms with Gasteiger partial charge in [-0.3, -0.25) is 14.4 Å². The Morgan fingerprint density at radius 1 is 1.05 bits per heavy atom. The van der Waals surface area contributed by atoms with E-state index < -0.39 is 41.0 Å². The average molecular weight is 598 g/mol. The Bertz CT molecular complexity index is 1320. The fraction of sp³-hybridized carbons (Fsp3) is 0.531. The Hall–Kier alpha value is -3.14. The third-order valence-electron chi connectivity index (χ3n) is 9.54. The third-order valence-corrected chi connectivity index (χ3v) is 9.79. The molecule has 3 amide bonds. The standard InChI is InChI=1S/C32H40ClN3O6/c1-5-19(4)24(18-37)36-27(29(39)35-21-10-8-20(33)9-11-21)32-17-16-31(6-2,42-32)25(26(32)30(36)40)28(38)34-22-12-14-23(15-13-22)41-7-3/h8-15,19,24-27,37H,5-7,16-18H2,1-4H3,(H,34,38)(H,35,39)/t19-,24-,25+,26-,27?,31-,32?/m0/s1. The summed E-state index contributed by atoms with van der Waals surface area (Å²) in [7, 11) is 0. The molecule has 0 aliphatic carbocycles. The number of aliphatic hydroxyl groups is 1. The van der Waals surface area contributed by atoms with Crippen molar-refractivity contribution >= 4 is 40.7 Å². The van der Waals surface area contributed by atoms with Crippen LogP contribution in [-0.4, -0.2) is 64.2 Å². The summed E-state index contributed by atoms with van der Waals surface area (Å²) in [5.74, 6) is -2.12. The van der Waals surface area contributed by atoms with Crippen LogP contribution in [0.15, 0.2) is 48.5 Å². The quantitative estimate of drug-likeness (QED) is 0.340. The van der Waals surface area contributed by atoms with Gasteiger partial charge in [-0.1, -0.05) is 38.8 Å². The van der Waals surface area contributed by atoms with Gasteiger partial charge in [-0.15, -0.1) is 0 Å². The molecule has 9 nitrogen and oxygen atoms in total. The van der Waals surface area contributed by atoms with Gasteiger partial charge in [0.1, 0.15) is 17.4 Å². The maximum atomic E-state index is 14.5. The van der Waals surface area contributed by atoms with Crippen molar-refractivity contribution in [2.45, 2.75) is 76.7 Å². The highest BCUT2D eigenvalue weighted by Gasteiger charge is 2.79. The summed E-state index contributed by atoms with van der Waals surface area (Å²) < 4.78 is 12.4. The first-order valence-corrected chi connectivity index (χ1v) is 15.3. The summed E-state index contributed by atoms with van der Waals surface area (Å²) in [4.78, 5) is 44.2. The number of likely N-dealkylation sites (tertiary alicyclic amines) is 1. The molecule has 226 valence electrons. The van der Waals surface area contributed by atoms with Gasteiger partial charge in [0.2, 0.25) is 17.7 Å². The van der Waals surface area contributed by atoms with Crippen LogP contribution >= 0.6 is 11.6 Å². The van der Waals surface area contributed by atoms with Crippen LogP contribution in [0.2, 0.25) is 5.02 Å². The van der Waals surface area contributed by atoms with Crippen molar-refractivity contribution in [3.8, 4) is 5.75 Å². The number of nitrogens with zero attached hydrogens (tertiary/aromatic N) is 1. The van der Waals surface area contributed by atoms with Gasteiger partial charge in [0.15, 0.2) is 0 Å². The van der Waals surface area contributed by atoms with E-state index in [9.17, 15) is 19.5 Å². The lowest BCUT2D eigenvalue weighted by Gasteiger charge is -2.39. The van der Waals surface area contributed by atoms with Gasteiger partial charge in [0, 0.05) is 16.4 Å². The van der Waals surface area contributed by atoms with Gasteiger partial charge < -0.3 is 30.1 Å². The minimum Gasteiger partial charge on any atom is -0.494 e. The van der Waals surface area contributed by atoms with Crippen LogP contribution < -0.4 is 15.4 Å². The second kappa shape index (κ2) is 11.9. The lowest BCUT2D eigenvalue weighted by atomic mass is 9.65. The lowest BCUT2D eigenvalue weighted by Crippen LogP contribution is -2.57. The van der Waals surface area contributed by atoms with Crippen LogP contribution in [0, 0.1) is 17.8 Å². The highest BCUT2D eigenvalue weighted by Crippen LogP contribution is 2.64. The van der Waals surface area contributed by atoms with E-state index in [0.717, 1.165) is 0 Å². The molecule has 10 heteroatoms. The Morgan fingerprint density at radius 2 is 1.67 bits per heavy atom. The molecule has 2 aromatic rings. The van der Waals surface area contributed by atoms with Crippen LogP contribution in [0.3, 0.4) is 0 Å². The van der Waals surface area contributed by atoms with Crippen molar-refractivity contribution in [2.75, 3.05) is 23.8 Å². The van der Waals surface area contributed by atoms with Crippen LogP contribution in [0.5, 0.6) is 5.75 Å². The average Bonchev–Trinajstić information content (AvgIpc) is 3.59. The van der Waals surface area contributed by atoms with Crippen molar-refractivity contribution in [1.29, 1.82) is 0 Å². The van der Waals surface area contributed by atoms with E-state index in [4.69, 9.17) is 21.1 Å². The van der Waals surface area contributed by atoms with E-state index in [2.05, 4.69) is 10.6 Å². The van der Waals surface area contributed by atoms with Crippen LogP contribution in [0.1, 0.15) is 53.4 Å². The molecule has 0 radical (unpaired) electrons. The van der Waals surface area contributed by atoms with Crippen molar-refractivity contribution in [3.63, 3.8) is 0 Å². The van der Waals surface area contributed by atoms with E-state index in [1.165, 1.54) is 4.90 Å². The first-order valence-electron chi connectivity index (χ1n) is 14.9. The maximum absolute atomic E-state index is 14.5.